The van der Waals surface area contributed by atoms with Gasteiger partial charge in [0.15, 0.2) is 5.96 Å². The molecule has 0 amide bonds. The number of guanidine groups is 1. The summed E-state index contributed by atoms with van der Waals surface area (Å²) in [6, 6.07) is 41.2. The molecule has 14 unspecified atom stereocenters. The van der Waals surface area contributed by atoms with Crippen molar-refractivity contribution < 1.29 is 67.3 Å². The molecule has 1 saturated heterocycles. The Kier molecular flexibility index (Phi) is 18.3. The molecular formula is C75H87N6NaO8S. The molecule has 6 aliphatic heterocycles. The number of phenolic OH excluding ortho intramolecular Hbond substituents is 1. The number of fused-ring (bicyclic) bond motifs is 11. The summed E-state index contributed by atoms with van der Waals surface area (Å²) in [5.41, 5.74) is 21.7. The topological polar surface area (TPSA) is 241 Å². The summed E-state index contributed by atoms with van der Waals surface area (Å²) in [4.78, 5) is 8.56. The molecule has 6 aromatic rings. The molecule has 10 N–H and O–H groups in total. The number of H-pyrrole nitrogens is 1. The van der Waals surface area contributed by atoms with Crippen LogP contribution in [0.5, 0.6) is 11.5 Å². The SMILES string of the molecule is CC1CCc2cc3ccc2C1CC(S(=O)(=O)[O-])C1C=C2CC(CC4CC(CO)CC#Cc5cc(O)ccc5C2O4)C1c1ccc(cc1)C(CC(Cc1ccccc1)C1(O)CCCC(c2ccc4c(c2)C(CNc2ccc[nH]2)NCC42CCCC2)C1)(N=C(N)N)O3.[Na+]. The molecule has 3 fully saturated rings. The van der Waals surface area contributed by atoms with Crippen molar-refractivity contribution in [3.05, 3.63) is 195 Å². The van der Waals surface area contributed by atoms with E-state index in [1.165, 1.54) is 42.4 Å². The third kappa shape index (κ3) is 12.8. The molecule has 5 aromatic carbocycles. The third-order valence-corrected chi connectivity index (χ3v) is 24.0. The van der Waals surface area contributed by atoms with Gasteiger partial charge in [0, 0.05) is 66.9 Å². The fraction of sp³-hybridized carbons (Fsp3) is 0.480. The number of nitrogens with zero attached hydrogens (tertiary/aromatic N) is 1. The van der Waals surface area contributed by atoms with Gasteiger partial charge in [-0.3, -0.25) is 0 Å². The number of phenols is 1. The minimum absolute atomic E-state index is 0. The predicted molar refractivity (Wildman–Crippen MR) is 350 cm³/mol. The normalized spacial score (nSPS) is 30.8. The van der Waals surface area contributed by atoms with Crippen LogP contribution < -0.4 is 56.4 Å². The van der Waals surface area contributed by atoms with Crippen LogP contribution in [0.2, 0.25) is 0 Å². The number of ether oxygens (including phenoxy) is 2. The first kappa shape index (κ1) is 63.8. The number of allylic oxidation sites excluding steroid dienone is 1. The molecule has 10 bridgehead atoms. The number of anilines is 1. The summed E-state index contributed by atoms with van der Waals surface area (Å²) >= 11 is 0. The molecule has 14 nitrogen and oxygen atoms in total. The van der Waals surface area contributed by atoms with Crippen LogP contribution in [-0.4, -0.2) is 75.9 Å². The fourth-order valence-electron chi connectivity index (χ4n) is 18.3. The first-order valence-electron chi connectivity index (χ1n) is 33.3. The van der Waals surface area contributed by atoms with Gasteiger partial charge in [-0.15, -0.1) is 0 Å². The smallest absolute Gasteiger partial charge is 0.748 e. The van der Waals surface area contributed by atoms with Gasteiger partial charge in [-0.05, 0) is 212 Å². The van der Waals surface area contributed by atoms with Gasteiger partial charge in [0.2, 0.25) is 5.72 Å². The van der Waals surface area contributed by atoms with E-state index < -0.39 is 50.6 Å². The van der Waals surface area contributed by atoms with Gasteiger partial charge in [-0.1, -0.05) is 123 Å². The van der Waals surface area contributed by atoms with E-state index in [0.717, 1.165) is 78.0 Å². The molecule has 2 saturated carbocycles. The number of aliphatic hydroxyl groups is 2. The number of rotatable bonds is 12. The van der Waals surface area contributed by atoms with Crippen molar-refractivity contribution in [3.8, 4) is 23.3 Å². The molecule has 472 valence electrons. The third-order valence-electron chi connectivity index (χ3n) is 22.8. The van der Waals surface area contributed by atoms with Gasteiger partial charge in [0.25, 0.3) is 0 Å². The number of aromatic nitrogens is 1. The van der Waals surface area contributed by atoms with Gasteiger partial charge in [0.1, 0.15) is 23.4 Å². The maximum atomic E-state index is 14.5. The van der Waals surface area contributed by atoms with Crippen molar-refractivity contribution in [2.75, 3.05) is 25.0 Å². The van der Waals surface area contributed by atoms with Crippen LogP contribution in [0.4, 0.5) is 5.82 Å². The van der Waals surface area contributed by atoms with E-state index >= 15 is 0 Å². The molecule has 16 heteroatoms. The van der Waals surface area contributed by atoms with Gasteiger partial charge in [0.05, 0.1) is 27.1 Å². The molecule has 0 radical (unpaired) electrons. The minimum Gasteiger partial charge on any atom is -0.748 e. The first-order chi connectivity index (χ1) is 43.5. The van der Waals surface area contributed by atoms with Crippen LogP contribution in [-0.2, 0) is 38.8 Å². The average molecular weight is 1260 g/mol. The summed E-state index contributed by atoms with van der Waals surface area (Å²) in [5.74, 6) is 5.86. The zero-order valence-electron chi connectivity index (χ0n) is 52.7. The molecule has 7 heterocycles. The van der Waals surface area contributed by atoms with Gasteiger partial charge >= 0.3 is 29.6 Å². The van der Waals surface area contributed by atoms with E-state index in [0.29, 0.717) is 61.8 Å². The number of aromatic amines is 1. The van der Waals surface area contributed by atoms with Crippen LogP contribution in [0.15, 0.2) is 144 Å². The molecule has 1 spiro atoms. The van der Waals surface area contributed by atoms with Gasteiger partial charge < -0.3 is 56.4 Å². The van der Waals surface area contributed by atoms with Crippen molar-refractivity contribution in [1.82, 2.24) is 10.3 Å². The zero-order valence-corrected chi connectivity index (χ0v) is 55.5. The average Bonchev–Trinajstić information content (AvgIpc) is 1.76. The number of aryl methyl sites for hydroxylation is 1. The number of nitrogens with two attached hydrogens (primary N) is 2. The summed E-state index contributed by atoms with van der Waals surface area (Å²) in [7, 11) is -4.96. The Bertz CT molecular complexity index is 3840. The molecule has 10 aliphatic rings. The maximum absolute atomic E-state index is 14.5. The Morgan fingerprint density at radius 2 is 1.69 bits per heavy atom. The van der Waals surface area contributed by atoms with Crippen LogP contribution in [0.25, 0.3) is 0 Å². The second-order valence-corrected chi connectivity index (χ2v) is 29.9. The van der Waals surface area contributed by atoms with Crippen molar-refractivity contribution in [2.45, 2.75) is 174 Å². The quantitative estimate of drug-likeness (QED) is 0.0143. The standard InChI is InChI=1S/C75H88N6O8S.Na/c1-46-16-17-52-36-59-24-26-61(52)63(46)40-68(90(85,86)87)65-39-55-34-54(37-60-33-48(44-82)12-7-13-51-35-58(83)23-25-62(51)71(55)88-60)70(65)49-18-21-56(22-19-49)75(89-59,81-72(76)77)42-57(32-47-10-3-2-4-11-47)74(84)30-8-14-53(41-74)50-20-27-66-64(38-50)67(43-79-69-15-9-31-78-69)80-45-73(66)28-5-6-29-73;/h2-4,9-11,15,18-27,31,35-36,38-39,46,48,53-54,57,60,63,65,67-68,70-71,78-80,82-84H,5-6,8,12,14,16-17,28-30,32-34,37,40-45H2,1H3,(H4,76,77,81)(H,85,86,87);/q;+1/p-1. The molecule has 16 rings (SSSR count). The van der Waals surface area contributed by atoms with E-state index in [2.05, 4.69) is 101 Å². The number of benzene rings is 5. The monoisotopic (exact) mass is 1250 g/mol. The number of aromatic hydroxyl groups is 1. The Morgan fingerprint density at radius 1 is 0.890 bits per heavy atom. The second kappa shape index (κ2) is 26.1. The van der Waals surface area contributed by atoms with Crippen LogP contribution >= 0.6 is 0 Å². The molecule has 1 aromatic heterocycles. The Hall–Kier alpha value is -5.90. The van der Waals surface area contributed by atoms with Crippen LogP contribution in [0.3, 0.4) is 0 Å². The number of hydrogen-bond acceptors (Lipinski definition) is 11. The Morgan fingerprint density at radius 3 is 2.46 bits per heavy atom. The van der Waals surface area contributed by atoms with Crippen molar-refractivity contribution in [3.63, 3.8) is 0 Å². The number of aliphatic hydroxyl groups excluding tert-OH is 1. The van der Waals surface area contributed by atoms with Crippen LogP contribution in [0, 0.1) is 41.4 Å². The van der Waals surface area contributed by atoms with E-state index in [1.54, 1.807) is 12.1 Å². The fourth-order valence-corrected chi connectivity index (χ4v) is 19.4. The van der Waals surface area contributed by atoms with Gasteiger partial charge in [-0.25, -0.2) is 13.4 Å². The largest absolute Gasteiger partial charge is 1.00 e. The summed E-state index contributed by atoms with van der Waals surface area (Å²) in [6.07, 6.45) is 15.1. The first-order valence-corrected chi connectivity index (χ1v) is 34.8. The number of hydrogen-bond donors (Lipinski definition) is 8. The van der Waals surface area contributed by atoms with E-state index in [1.807, 2.05) is 54.7 Å². The van der Waals surface area contributed by atoms with Gasteiger partial charge in [-0.2, -0.15) is 0 Å². The van der Waals surface area contributed by atoms with Crippen molar-refractivity contribution in [1.29, 1.82) is 0 Å². The van der Waals surface area contributed by atoms with E-state index in [-0.39, 0.29) is 108 Å². The second-order valence-electron chi connectivity index (χ2n) is 28.3. The molecular weight excluding hydrogens is 1170 g/mol. The molecule has 91 heavy (non-hydrogen) atoms. The van der Waals surface area contributed by atoms with Crippen molar-refractivity contribution >= 4 is 21.9 Å². The summed E-state index contributed by atoms with van der Waals surface area (Å²) in [5, 5.41) is 41.8. The summed E-state index contributed by atoms with van der Waals surface area (Å²) in [6.45, 7) is 3.78. The number of nitrogens with one attached hydrogen (secondary N) is 3. The maximum Gasteiger partial charge on any atom is 1.00 e. The van der Waals surface area contributed by atoms with E-state index in [4.69, 9.17) is 25.9 Å². The molecule has 14 atom stereocenters. The summed E-state index contributed by atoms with van der Waals surface area (Å²) < 4.78 is 58.1. The Labute approximate surface area is 558 Å². The van der Waals surface area contributed by atoms with Crippen molar-refractivity contribution in [2.24, 2.45) is 46.0 Å². The van der Waals surface area contributed by atoms with Crippen LogP contribution in [0.1, 0.15) is 189 Å². The minimum atomic E-state index is -4.96. The Balaban J connectivity index is 0.00000758. The number of aliphatic imine (C=N–C) groups is 1. The zero-order chi connectivity index (χ0) is 61.9. The molecule has 4 aliphatic carbocycles. The van der Waals surface area contributed by atoms with E-state index in [9.17, 15) is 28.3 Å². The predicted octanol–water partition coefficient (Wildman–Crippen LogP) is 9.05.